The van der Waals surface area contributed by atoms with E-state index in [0.717, 1.165) is 34.2 Å². The van der Waals surface area contributed by atoms with Crippen LogP contribution in [0.2, 0.25) is 0 Å². The van der Waals surface area contributed by atoms with Crippen LogP contribution >= 0.6 is 0 Å². The van der Waals surface area contributed by atoms with Crippen molar-refractivity contribution in [2.75, 3.05) is 16.8 Å². The lowest BCUT2D eigenvalue weighted by Crippen LogP contribution is -2.39. The van der Waals surface area contributed by atoms with Crippen LogP contribution in [-0.4, -0.2) is 29.9 Å². The highest BCUT2D eigenvalue weighted by atomic mass is 19.1. The van der Waals surface area contributed by atoms with Gasteiger partial charge in [-0.1, -0.05) is 31.2 Å². The maximum atomic E-state index is 14.5. The SMILES string of the molecule is CCc1cc(-c2cccc(N(CC(=O)OC(C)(C)C)C(=O)c3c(F)cccc3F)c2)ccc1NC(C)=O. The lowest BCUT2D eigenvalue weighted by Gasteiger charge is -2.26. The Labute approximate surface area is 215 Å². The monoisotopic (exact) mass is 508 g/mol. The Hall–Kier alpha value is -4.07. The van der Waals surface area contributed by atoms with E-state index in [1.165, 1.54) is 6.92 Å². The van der Waals surface area contributed by atoms with E-state index in [-0.39, 0.29) is 11.6 Å². The number of benzene rings is 3. The van der Waals surface area contributed by atoms with Gasteiger partial charge in [-0.25, -0.2) is 8.78 Å². The van der Waals surface area contributed by atoms with E-state index in [2.05, 4.69) is 5.32 Å². The van der Waals surface area contributed by atoms with Crippen LogP contribution in [0.5, 0.6) is 0 Å². The predicted molar refractivity (Wildman–Crippen MR) is 139 cm³/mol. The van der Waals surface area contributed by atoms with Gasteiger partial charge >= 0.3 is 5.97 Å². The van der Waals surface area contributed by atoms with Crippen LogP contribution in [0.3, 0.4) is 0 Å². The number of carbonyl (C=O) groups excluding carboxylic acids is 3. The maximum absolute atomic E-state index is 14.5. The molecule has 0 aromatic heterocycles. The highest BCUT2D eigenvalue weighted by Crippen LogP contribution is 2.30. The van der Waals surface area contributed by atoms with Crippen molar-refractivity contribution in [2.45, 2.75) is 46.6 Å². The zero-order chi connectivity index (χ0) is 27.3. The fourth-order valence-electron chi connectivity index (χ4n) is 3.85. The number of ether oxygens (including phenoxy) is 1. The molecule has 0 aliphatic carbocycles. The Kier molecular flexibility index (Phi) is 8.42. The number of aryl methyl sites for hydroxylation is 1. The van der Waals surface area contributed by atoms with Gasteiger partial charge < -0.3 is 10.1 Å². The number of esters is 1. The molecule has 0 aliphatic heterocycles. The number of nitrogens with zero attached hydrogens (tertiary/aromatic N) is 1. The fourth-order valence-corrected chi connectivity index (χ4v) is 3.85. The van der Waals surface area contributed by atoms with Crippen LogP contribution in [0.4, 0.5) is 20.2 Å². The summed E-state index contributed by atoms with van der Waals surface area (Å²) in [5.41, 5.74) is 1.81. The van der Waals surface area contributed by atoms with Crippen LogP contribution in [0.15, 0.2) is 60.7 Å². The number of hydrogen-bond acceptors (Lipinski definition) is 4. The van der Waals surface area contributed by atoms with Crippen LogP contribution in [0.1, 0.15) is 50.5 Å². The van der Waals surface area contributed by atoms with Crippen LogP contribution in [-0.2, 0) is 20.7 Å². The quantitative estimate of drug-likeness (QED) is 0.389. The Morgan fingerprint density at radius 1 is 0.919 bits per heavy atom. The second-order valence-electron chi connectivity index (χ2n) is 9.53. The van der Waals surface area contributed by atoms with E-state index in [1.807, 2.05) is 25.1 Å². The molecule has 0 atom stereocenters. The number of anilines is 2. The van der Waals surface area contributed by atoms with Crippen molar-refractivity contribution in [3.63, 3.8) is 0 Å². The first-order valence-corrected chi connectivity index (χ1v) is 11.9. The molecule has 0 unspecified atom stereocenters. The third kappa shape index (κ3) is 7.00. The van der Waals surface area contributed by atoms with Gasteiger partial charge in [0.05, 0.1) is 0 Å². The average Bonchev–Trinajstić information content (AvgIpc) is 2.81. The number of rotatable bonds is 7. The van der Waals surface area contributed by atoms with Gasteiger partial charge in [0.2, 0.25) is 5.91 Å². The molecule has 0 saturated carbocycles. The third-order valence-corrected chi connectivity index (χ3v) is 5.42. The summed E-state index contributed by atoms with van der Waals surface area (Å²) in [7, 11) is 0. The molecule has 8 heteroatoms. The van der Waals surface area contributed by atoms with E-state index in [0.29, 0.717) is 17.7 Å². The minimum absolute atomic E-state index is 0.180. The molecule has 3 aromatic rings. The van der Waals surface area contributed by atoms with Gasteiger partial charge in [0.1, 0.15) is 29.3 Å². The normalized spacial score (nSPS) is 11.1. The van der Waals surface area contributed by atoms with Gasteiger partial charge in [-0.2, -0.15) is 0 Å². The number of amides is 2. The van der Waals surface area contributed by atoms with Crippen molar-refractivity contribution < 1.29 is 27.9 Å². The topological polar surface area (TPSA) is 75.7 Å². The largest absolute Gasteiger partial charge is 0.459 e. The van der Waals surface area contributed by atoms with Gasteiger partial charge in [-0.05, 0) is 80.3 Å². The molecule has 3 aromatic carbocycles. The van der Waals surface area contributed by atoms with Crippen molar-refractivity contribution >= 4 is 29.2 Å². The van der Waals surface area contributed by atoms with Crippen LogP contribution in [0, 0.1) is 11.6 Å². The van der Waals surface area contributed by atoms with Gasteiger partial charge in [0.25, 0.3) is 5.91 Å². The standard InChI is InChI=1S/C29H30F2N2O4/c1-6-19-15-21(13-14-25(19)32-18(2)34)20-9-7-10-22(16-20)33(17-26(35)37-29(3,4)5)28(36)27-23(30)11-8-12-24(27)31/h7-16H,6,17H2,1-5H3,(H,32,34). The molecule has 0 heterocycles. The Morgan fingerprint density at radius 3 is 2.14 bits per heavy atom. The summed E-state index contributed by atoms with van der Waals surface area (Å²) in [4.78, 5) is 38.6. The van der Waals surface area contributed by atoms with E-state index in [4.69, 9.17) is 4.74 Å². The van der Waals surface area contributed by atoms with E-state index in [1.54, 1.807) is 45.0 Å². The first-order valence-electron chi connectivity index (χ1n) is 11.9. The summed E-state index contributed by atoms with van der Waals surface area (Å²) in [6, 6.07) is 15.4. The molecule has 3 rings (SSSR count). The molecule has 0 aliphatic rings. The van der Waals surface area contributed by atoms with Crippen molar-refractivity contribution in [3.8, 4) is 11.1 Å². The maximum Gasteiger partial charge on any atom is 0.326 e. The minimum Gasteiger partial charge on any atom is -0.459 e. The molecular formula is C29H30F2N2O4. The van der Waals surface area contributed by atoms with Gasteiger partial charge in [-0.15, -0.1) is 0 Å². The Balaban J connectivity index is 2.06. The van der Waals surface area contributed by atoms with Crippen LogP contribution < -0.4 is 10.2 Å². The first-order chi connectivity index (χ1) is 17.4. The van der Waals surface area contributed by atoms with Crippen LogP contribution in [0.25, 0.3) is 11.1 Å². The second kappa shape index (κ2) is 11.3. The molecule has 0 fully saturated rings. The van der Waals surface area contributed by atoms with Gasteiger partial charge in [0.15, 0.2) is 0 Å². The van der Waals surface area contributed by atoms with Crippen molar-refractivity contribution in [1.82, 2.24) is 0 Å². The summed E-state index contributed by atoms with van der Waals surface area (Å²) in [6.07, 6.45) is 0.666. The fraction of sp³-hybridized carbons (Fsp3) is 0.276. The number of halogens is 2. The molecule has 0 bridgehead atoms. The molecule has 37 heavy (non-hydrogen) atoms. The minimum atomic E-state index is -1.03. The molecule has 2 amide bonds. The predicted octanol–water partition coefficient (Wildman–Crippen LogP) is 6.14. The number of carbonyl (C=O) groups is 3. The molecule has 1 N–H and O–H groups in total. The molecule has 0 radical (unpaired) electrons. The van der Waals surface area contributed by atoms with E-state index < -0.39 is 41.2 Å². The highest BCUT2D eigenvalue weighted by Gasteiger charge is 2.28. The average molecular weight is 509 g/mol. The lowest BCUT2D eigenvalue weighted by molar-refractivity contribution is -0.152. The number of hydrogen-bond donors (Lipinski definition) is 1. The van der Waals surface area contributed by atoms with E-state index in [9.17, 15) is 23.2 Å². The molecule has 0 spiro atoms. The van der Waals surface area contributed by atoms with E-state index >= 15 is 0 Å². The van der Waals surface area contributed by atoms with Crippen molar-refractivity contribution in [1.29, 1.82) is 0 Å². The molecule has 194 valence electrons. The summed E-state index contributed by atoms with van der Waals surface area (Å²) in [5, 5.41) is 2.80. The summed E-state index contributed by atoms with van der Waals surface area (Å²) in [6.45, 7) is 7.91. The molecule has 0 saturated heterocycles. The highest BCUT2D eigenvalue weighted by molar-refractivity contribution is 6.09. The summed E-state index contributed by atoms with van der Waals surface area (Å²) < 4.78 is 34.4. The third-order valence-electron chi connectivity index (χ3n) is 5.42. The zero-order valence-corrected chi connectivity index (χ0v) is 21.5. The zero-order valence-electron chi connectivity index (χ0n) is 21.5. The summed E-state index contributed by atoms with van der Waals surface area (Å²) >= 11 is 0. The van der Waals surface area contributed by atoms with Gasteiger partial charge in [0, 0.05) is 18.3 Å². The Bertz CT molecular complexity index is 1310. The molecule has 6 nitrogen and oxygen atoms in total. The smallest absolute Gasteiger partial charge is 0.326 e. The lowest BCUT2D eigenvalue weighted by atomic mass is 9.99. The molecular weight excluding hydrogens is 478 g/mol. The van der Waals surface area contributed by atoms with Gasteiger partial charge in [-0.3, -0.25) is 19.3 Å². The Morgan fingerprint density at radius 2 is 1.54 bits per heavy atom. The van der Waals surface area contributed by atoms with Crippen molar-refractivity contribution in [2.24, 2.45) is 0 Å². The second-order valence-corrected chi connectivity index (χ2v) is 9.53. The first kappa shape index (κ1) is 27.5. The summed E-state index contributed by atoms with van der Waals surface area (Å²) in [5.74, 6) is -3.97. The van der Waals surface area contributed by atoms with Crippen molar-refractivity contribution in [3.05, 3.63) is 83.4 Å². The number of nitrogens with one attached hydrogen (secondary N) is 1.